The molecule has 0 heterocycles. The highest BCUT2D eigenvalue weighted by Gasteiger charge is 1.59. The van der Waals surface area contributed by atoms with Crippen molar-refractivity contribution in [2.24, 2.45) is 10.2 Å². The molecule has 0 saturated carbocycles. The molecule has 0 amide bonds. The van der Waals surface area contributed by atoms with Crippen LogP contribution in [0.1, 0.15) is 0 Å². The highest BCUT2D eigenvalue weighted by atomic mass is 15.1. The molecule has 0 aliphatic heterocycles. The minimum absolute atomic E-state index is 1.24. The van der Waals surface area contributed by atoms with Gasteiger partial charge in [-0.1, -0.05) is 22.4 Å². The lowest BCUT2D eigenvalue weighted by Gasteiger charge is -1.66. The molecule has 0 rings (SSSR count). The number of hydrogen-bond acceptors (Lipinski definition) is 2. The Morgan fingerprint density at radius 1 is 0.900 bits per heavy atom. The number of hydrogen-bond donors (Lipinski definition) is 0. The standard InChI is InChI=1S/C4H4N6/c5-9-7-3-1-2-4-8-10-6/h1-4H/b3-1+,4-2+. The Morgan fingerprint density at radius 2 is 1.30 bits per heavy atom. The lowest BCUT2D eigenvalue weighted by Crippen LogP contribution is -1.45. The maximum Gasteiger partial charge on any atom is 0.00475 e. The summed E-state index contributed by atoms with van der Waals surface area (Å²) in [5.41, 5.74) is 15.5. The van der Waals surface area contributed by atoms with Gasteiger partial charge in [-0.15, -0.1) is 0 Å². The molecule has 0 fully saturated rings. The van der Waals surface area contributed by atoms with E-state index in [1.165, 1.54) is 24.6 Å². The van der Waals surface area contributed by atoms with Gasteiger partial charge in [0.1, 0.15) is 0 Å². The first-order valence-electron chi connectivity index (χ1n) is 2.32. The van der Waals surface area contributed by atoms with E-state index in [9.17, 15) is 0 Å². The minimum atomic E-state index is 1.24. The van der Waals surface area contributed by atoms with Crippen molar-refractivity contribution in [1.29, 1.82) is 0 Å². The maximum atomic E-state index is 7.77. The predicted octanol–water partition coefficient (Wildman–Crippen LogP) is 2.63. The third-order valence-electron chi connectivity index (χ3n) is 0.520. The molecule has 10 heavy (non-hydrogen) atoms. The second kappa shape index (κ2) is 7.10. The summed E-state index contributed by atoms with van der Waals surface area (Å²) in [6, 6.07) is 0. The molecule has 0 aliphatic rings. The Hall–Kier alpha value is -1.90. The van der Waals surface area contributed by atoms with Crippen molar-refractivity contribution in [3.63, 3.8) is 0 Å². The maximum absolute atomic E-state index is 7.77. The van der Waals surface area contributed by atoms with Crippen LogP contribution < -0.4 is 0 Å². The molecule has 0 saturated heterocycles. The Kier molecular flexibility index (Phi) is 5.75. The van der Waals surface area contributed by atoms with Crippen LogP contribution in [0, 0.1) is 0 Å². The van der Waals surface area contributed by atoms with Gasteiger partial charge in [0.05, 0.1) is 0 Å². The summed E-state index contributed by atoms with van der Waals surface area (Å²) >= 11 is 0. The van der Waals surface area contributed by atoms with Crippen LogP contribution in [0.5, 0.6) is 0 Å². The zero-order valence-electron chi connectivity index (χ0n) is 4.99. The van der Waals surface area contributed by atoms with Gasteiger partial charge in [0.2, 0.25) is 0 Å². The van der Waals surface area contributed by atoms with E-state index in [-0.39, 0.29) is 0 Å². The second-order valence-electron chi connectivity index (χ2n) is 1.09. The SMILES string of the molecule is [N-]=[N+]=N/C=C/C=C/N=[N+]=[N-]. The summed E-state index contributed by atoms with van der Waals surface area (Å²) in [6.45, 7) is 0. The molecular formula is C4H4N6. The van der Waals surface area contributed by atoms with E-state index >= 15 is 0 Å². The molecule has 0 aliphatic carbocycles. The van der Waals surface area contributed by atoms with Crippen LogP contribution in [0.4, 0.5) is 0 Å². The van der Waals surface area contributed by atoms with Gasteiger partial charge < -0.3 is 0 Å². The van der Waals surface area contributed by atoms with E-state index in [0.29, 0.717) is 0 Å². The molecule has 0 spiro atoms. The largest absolute Gasteiger partial charge is 0.0686 e. The van der Waals surface area contributed by atoms with Crippen LogP contribution in [-0.4, -0.2) is 0 Å². The van der Waals surface area contributed by atoms with Gasteiger partial charge >= 0.3 is 0 Å². The van der Waals surface area contributed by atoms with Crippen molar-refractivity contribution < 1.29 is 0 Å². The highest BCUT2D eigenvalue weighted by Crippen LogP contribution is 1.80. The van der Waals surface area contributed by atoms with Crippen molar-refractivity contribution in [2.75, 3.05) is 0 Å². The molecule has 0 aromatic rings. The second-order valence-corrected chi connectivity index (χ2v) is 1.09. The molecule has 0 aromatic heterocycles. The minimum Gasteiger partial charge on any atom is -0.0686 e. The summed E-state index contributed by atoms with van der Waals surface area (Å²) < 4.78 is 0. The van der Waals surface area contributed by atoms with Gasteiger partial charge in [-0.2, -0.15) is 0 Å². The molecule has 50 valence electrons. The average molecular weight is 136 g/mol. The fourth-order valence-corrected chi connectivity index (χ4v) is 0.236. The fraction of sp³-hybridized carbons (Fsp3) is 0. The van der Waals surface area contributed by atoms with Crippen LogP contribution >= 0.6 is 0 Å². The smallest absolute Gasteiger partial charge is 0.00475 e. The molecule has 6 heteroatoms. The zero-order valence-corrected chi connectivity index (χ0v) is 4.99. The van der Waals surface area contributed by atoms with E-state index in [4.69, 9.17) is 11.1 Å². The molecule has 0 N–H and O–H groups in total. The number of allylic oxidation sites excluding steroid dienone is 2. The number of rotatable bonds is 3. The summed E-state index contributed by atoms with van der Waals surface area (Å²) in [4.78, 5) is 4.91. The Bertz CT molecular complexity index is 200. The number of nitrogens with zero attached hydrogens (tertiary/aromatic N) is 6. The lowest BCUT2D eigenvalue weighted by molar-refractivity contribution is 1.48. The van der Waals surface area contributed by atoms with Crippen LogP contribution in [0.15, 0.2) is 34.8 Å². The Balaban J connectivity index is 3.71. The van der Waals surface area contributed by atoms with Gasteiger partial charge in [0.25, 0.3) is 0 Å². The molecule has 6 nitrogen and oxygen atoms in total. The predicted molar refractivity (Wildman–Crippen MR) is 36.6 cm³/mol. The summed E-state index contributed by atoms with van der Waals surface area (Å²) in [7, 11) is 0. The monoisotopic (exact) mass is 136 g/mol. The first-order valence-corrected chi connectivity index (χ1v) is 2.32. The van der Waals surface area contributed by atoms with Crippen LogP contribution in [0.2, 0.25) is 0 Å². The third kappa shape index (κ3) is 6.10. The topological polar surface area (TPSA) is 97.5 Å². The first-order chi connectivity index (χ1) is 4.91. The molecule has 0 aromatic carbocycles. The van der Waals surface area contributed by atoms with E-state index in [2.05, 4.69) is 20.1 Å². The van der Waals surface area contributed by atoms with Crippen LogP contribution in [0.25, 0.3) is 20.9 Å². The first kappa shape index (κ1) is 8.10. The highest BCUT2D eigenvalue weighted by molar-refractivity contribution is 5.00. The third-order valence-corrected chi connectivity index (χ3v) is 0.520. The van der Waals surface area contributed by atoms with Crippen molar-refractivity contribution >= 4 is 0 Å². The van der Waals surface area contributed by atoms with Gasteiger partial charge in [-0.3, -0.25) is 0 Å². The molecular weight excluding hydrogens is 132 g/mol. The van der Waals surface area contributed by atoms with Crippen molar-refractivity contribution in [3.8, 4) is 0 Å². The van der Waals surface area contributed by atoms with Crippen molar-refractivity contribution in [3.05, 3.63) is 45.4 Å². The Labute approximate surface area is 56.7 Å². The van der Waals surface area contributed by atoms with E-state index < -0.39 is 0 Å². The molecule has 0 radical (unpaired) electrons. The lowest BCUT2D eigenvalue weighted by atomic mass is 10.6. The quantitative estimate of drug-likeness (QED) is 0.246. The molecule has 0 unspecified atom stereocenters. The summed E-state index contributed by atoms with van der Waals surface area (Å²) in [5, 5.41) is 6.17. The van der Waals surface area contributed by atoms with Crippen LogP contribution in [-0.2, 0) is 0 Å². The van der Waals surface area contributed by atoms with Gasteiger partial charge in [-0.05, 0) is 11.1 Å². The fourth-order valence-electron chi connectivity index (χ4n) is 0.236. The molecule has 0 atom stereocenters. The normalized spacial score (nSPS) is 9.20. The Morgan fingerprint density at radius 3 is 1.60 bits per heavy atom. The molecule has 0 bridgehead atoms. The zero-order chi connectivity index (χ0) is 7.66. The van der Waals surface area contributed by atoms with Crippen molar-refractivity contribution in [1.82, 2.24) is 0 Å². The summed E-state index contributed by atoms with van der Waals surface area (Å²) in [5.74, 6) is 0. The average Bonchev–Trinajstić information content (AvgIpc) is 1.97. The summed E-state index contributed by atoms with van der Waals surface area (Å²) in [6.07, 6.45) is 5.38. The number of azide groups is 2. The van der Waals surface area contributed by atoms with Gasteiger partial charge in [0, 0.05) is 22.2 Å². The van der Waals surface area contributed by atoms with Gasteiger partial charge in [-0.25, -0.2) is 0 Å². The van der Waals surface area contributed by atoms with Crippen molar-refractivity contribution in [2.45, 2.75) is 0 Å². The van der Waals surface area contributed by atoms with Gasteiger partial charge in [0.15, 0.2) is 0 Å². The van der Waals surface area contributed by atoms with E-state index in [0.717, 1.165) is 0 Å². The van der Waals surface area contributed by atoms with E-state index in [1.807, 2.05) is 0 Å². The van der Waals surface area contributed by atoms with Crippen LogP contribution in [0.3, 0.4) is 0 Å². The van der Waals surface area contributed by atoms with E-state index in [1.54, 1.807) is 0 Å².